The summed E-state index contributed by atoms with van der Waals surface area (Å²) in [5.74, 6) is -0.818. The highest BCUT2D eigenvalue weighted by Gasteiger charge is 2.22. The van der Waals surface area contributed by atoms with Crippen molar-refractivity contribution in [2.45, 2.75) is 26.4 Å². The molecule has 0 saturated carbocycles. The molecular weight excluding hydrogens is 572 g/mol. The predicted molar refractivity (Wildman–Crippen MR) is 158 cm³/mol. The van der Waals surface area contributed by atoms with E-state index in [9.17, 15) is 13.6 Å². The fourth-order valence-electron chi connectivity index (χ4n) is 5.07. The van der Waals surface area contributed by atoms with Gasteiger partial charge in [-0.25, -0.2) is 13.8 Å². The molecule has 4 heterocycles. The van der Waals surface area contributed by atoms with E-state index in [2.05, 4.69) is 30.4 Å². The molecule has 6 rings (SSSR count). The number of hydrogen-bond acceptors (Lipinski definition) is 9. The van der Waals surface area contributed by atoms with Crippen molar-refractivity contribution in [2.75, 3.05) is 46.0 Å². The number of halogens is 2. The van der Waals surface area contributed by atoms with E-state index in [1.807, 2.05) is 13.0 Å². The Morgan fingerprint density at radius 2 is 2.02 bits per heavy atom. The van der Waals surface area contributed by atoms with E-state index in [1.54, 1.807) is 29.4 Å². The highest BCUT2D eigenvalue weighted by molar-refractivity contribution is 5.98. The number of hydrazone groups is 1. The number of hydrogen-bond donors (Lipinski definition) is 2. The zero-order valence-corrected chi connectivity index (χ0v) is 24.3. The monoisotopic (exact) mass is 605 g/mol. The van der Waals surface area contributed by atoms with Gasteiger partial charge in [0.2, 0.25) is 0 Å². The standard InChI is InChI=1S/C31H33F2N7O4/c1-2-12-43-28-7-6-20(15-23(28)31(41)34-8-9-39-10-13-42-14-11-39)25-16-21(44-38-25)18-40-19-27-26(17-35-40)36-30(37-27)22-4-3-5-24(32)29(22)33/h3-7,15-17H,2,8-14,18-19H2,1H3,(H,34,41)(H,36,37). The van der Waals surface area contributed by atoms with E-state index in [0.29, 0.717) is 79.2 Å². The summed E-state index contributed by atoms with van der Waals surface area (Å²) in [4.78, 5) is 22.9. The third kappa shape index (κ3) is 6.63. The van der Waals surface area contributed by atoms with Gasteiger partial charge in [0.05, 0.1) is 61.6 Å². The number of H-pyrrole nitrogens is 1. The van der Waals surface area contributed by atoms with Crippen molar-refractivity contribution in [1.82, 2.24) is 30.4 Å². The first-order valence-electron chi connectivity index (χ1n) is 14.6. The van der Waals surface area contributed by atoms with Crippen LogP contribution in [0.5, 0.6) is 5.75 Å². The highest BCUT2D eigenvalue weighted by atomic mass is 19.2. The molecule has 2 aliphatic heterocycles. The highest BCUT2D eigenvalue weighted by Crippen LogP contribution is 2.29. The Balaban J connectivity index is 1.12. The maximum Gasteiger partial charge on any atom is 0.255 e. The summed E-state index contributed by atoms with van der Waals surface area (Å²) in [6.07, 6.45) is 2.40. The van der Waals surface area contributed by atoms with Crippen molar-refractivity contribution in [3.05, 3.63) is 76.8 Å². The lowest BCUT2D eigenvalue weighted by Gasteiger charge is -2.26. The summed E-state index contributed by atoms with van der Waals surface area (Å²) in [7, 11) is 0. The Hall–Kier alpha value is -4.62. The van der Waals surface area contributed by atoms with Crippen LogP contribution in [-0.4, -0.2) is 83.2 Å². The minimum absolute atomic E-state index is 0.0514. The zero-order valence-electron chi connectivity index (χ0n) is 24.3. The minimum Gasteiger partial charge on any atom is -0.493 e. The molecule has 1 amide bonds. The second-order valence-electron chi connectivity index (χ2n) is 10.6. The van der Waals surface area contributed by atoms with Crippen LogP contribution in [0, 0.1) is 11.6 Å². The van der Waals surface area contributed by atoms with Crippen molar-refractivity contribution < 1.29 is 27.6 Å². The Bertz CT molecular complexity index is 1650. The number of aromatic nitrogens is 3. The van der Waals surface area contributed by atoms with Crippen LogP contribution >= 0.6 is 0 Å². The summed E-state index contributed by atoms with van der Waals surface area (Å²) in [5, 5.41) is 13.4. The van der Waals surface area contributed by atoms with Crippen LogP contribution < -0.4 is 10.1 Å². The molecule has 2 aromatic heterocycles. The number of morpholine rings is 1. The van der Waals surface area contributed by atoms with Crippen molar-refractivity contribution >= 4 is 12.1 Å². The van der Waals surface area contributed by atoms with E-state index in [0.717, 1.165) is 32.1 Å². The Morgan fingerprint density at radius 1 is 1.16 bits per heavy atom. The number of amides is 1. The molecule has 2 N–H and O–H groups in total. The van der Waals surface area contributed by atoms with Crippen LogP contribution in [0.1, 0.15) is 40.9 Å². The molecular formula is C31H33F2N7O4. The first-order valence-corrected chi connectivity index (χ1v) is 14.6. The lowest BCUT2D eigenvalue weighted by molar-refractivity contribution is 0.0383. The Kier molecular flexibility index (Phi) is 8.94. The summed E-state index contributed by atoms with van der Waals surface area (Å²) in [6, 6.07) is 11.2. The zero-order chi connectivity index (χ0) is 30.5. The molecule has 2 aromatic carbocycles. The van der Waals surface area contributed by atoms with Crippen LogP contribution in [0.3, 0.4) is 0 Å². The first-order chi connectivity index (χ1) is 21.5. The molecule has 0 bridgehead atoms. The molecule has 4 aromatic rings. The molecule has 44 heavy (non-hydrogen) atoms. The summed E-state index contributed by atoms with van der Waals surface area (Å²) in [6.45, 7) is 7.50. The van der Waals surface area contributed by atoms with Gasteiger partial charge in [-0.2, -0.15) is 5.10 Å². The average Bonchev–Trinajstić information content (AvgIpc) is 3.69. The van der Waals surface area contributed by atoms with Crippen LogP contribution in [0.15, 0.2) is 52.1 Å². The number of benzene rings is 2. The second kappa shape index (κ2) is 13.3. The smallest absolute Gasteiger partial charge is 0.255 e. The quantitative estimate of drug-likeness (QED) is 0.261. The van der Waals surface area contributed by atoms with Gasteiger partial charge in [-0.05, 0) is 36.8 Å². The van der Waals surface area contributed by atoms with Gasteiger partial charge in [0.1, 0.15) is 17.3 Å². The van der Waals surface area contributed by atoms with Crippen molar-refractivity contribution in [3.8, 4) is 28.4 Å². The number of nitrogens with one attached hydrogen (secondary N) is 2. The van der Waals surface area contributed by atoms with Crippen LogP contribution in [0.2, 0.25) is 0 Å². The molecule has 11 nitrogen and oxygen atoms in total. The number of aromatic amines is 1. The lowest BCUT2D eigenvalue weighted by atomic mass is 10.1. The van der Waals surface area contributed by atoms with Gasteiger partial charge in [0, 0.05) is 37.8 Å². The fourth-order valence-corrected chi connectivity index (χ4v) is 5.07. The molecule has 0 unspecified atom stereocenters. The van der Waals surface area contributed by atoms with E-state index in [4.69, 9.17) is 14.0 Å². The number of nitrogens with zero attached hydrogens (tertiary/aromatic N) is 5. The Morgan fingerprint density at radius 3 is 2.86 bits per heavy atom. The number of rotatable bonds is 11. The number of imidazole rings is 1. The maximum absolute atomic E-state index is 14.3. The first kappa shape index (κ1) is 29.5. The third-order valence-electron chi connectivity index (χ3n) is 7.40. The van der Waals surface area contributed by atoms with Gasteiger partial charge < -0.3 is 24.3 Å². The van der Waals surface area contributed by atoms with Crippen molar-refractivity contribution in [2.24, 2.45) is 5.10 Å². The molecule has 0 aliphatic carbocycles. The van der Waals surface area contributed by atoms with Crippen LogP contribution in [-0.2, 0) is 17.8 Å². The van der Waals surface area contributed by atoms with Crippen molar-refractivity contribution in [3.63, 3.8) is 0 Å². The SMILES string of the molecule is CCCOc1ccc(-c2cc(CN3Cc4nc(-c5cccc(F)c5F)[nH]c4C=N3)on2)cc1C(=O)NCCN1CCOCC1. The van der Waals surface area contributed by atoms with Gasteiger partial charge in [-0.3, -0.25) is 14.7 Å². The van der Waals surface area contributed by atoms with E-state index in [-0.39, 0.29) is 17.3 Å². The van der Waals surface area contributed by atoms with Gasteiger partial charge in [0.15, 0.2) is 17.4 Å². The Labute approximate surface area is 252 Å². The minimum atomic E-state index is -0.958. The van der Waals surface area contributed by atoms with Crippen LogP contribution in [0.25, 0.3) is 22.6 Å². The summed E-state index contributed by atoms with van der Waals surface area (Å²) >= 11 is 0. The predicted octanol–water partition coefficient (Wildman–Crippen LogP) is 4.21. The molecule has 1 saturated heterocycles. The molecule has 1 fully saturated rings. The molecule has 13 heteroatoms. The largest absolute Gasteiger partial charge is 0.493 e. The average molecular weight is 606 g/mol. The number of ether oxygens (including phenoxy) is 2. The normalized spacial score (nSPS) is 14.9. The topological polar surface area (TPSA) is 121 Å². The van der Waals surface area contributed by atoms with Gasteiger partial charge in [-0.1, -0.05) is 18.1 Å². The molecule has 0 spiro atoms. The summed E-state index contributed by atoms with van der Waals surface area (Å²) < 4.78 is 44.9. The number of carbonyl (C=O) groups is 1. The van der Waals surface area contributed by atoms with Gasteiger partial charge >= 0.3 is 0 Å². The molecule has 230 valence electrons. The van der Waals surface area contributed by atoms with E-state index >= 15 is 0 Å². The third-order valence-corrected chi connectivity index (χ3v) is 7.40. The van der Waals surface area contributed by atoms with E-state index < -0.39 is 11.6 Å². The number of carbonyl (C=O) groups excluding carboxylic acids is 1. The lowest BCUT2D eigenvalue weighted by Crippen LogP contribution is -2.41. The van der Waals surface area contributed by atoms with Gasteiger partial charge in [0.25, 0.3) is 5.91 Å². The van der Waals surface area contributed by atoms with Gasteiger partial charge in [-0.15, -0.1) is 0 Å². The maximum atomic E-state index is 14.3. The van der Waals surface area contributed by atoms with Crippen LogP contribution in [0.4, 0.5) is 8.78 Å². The number of fused-ring (bicyclic) bond motifs is 1. The molecule has 2 aliphatic rings. The molecule has 0 radical (unpaired) electrons. The molecule has 0 atom stereocenters. The van der Waals surface area contributed by atoms with Crippen molar-refractivity contribution in [1.29, 1.82) is 0 Å². The fraction of sp³-hybridized carbons (Fsp3) is 0.355. The van der Waals surface area contributed by atoms with E-state index in [1.165, 1.54) is 12.1 Å². The summed E-state index contributed by atoms with van der Waals surface area (Å²) in [5.41, 5.74) is 3.02. The second-order valence-corrected chi connectivity index (χ2v) is 10.6.